The molecule has 116 valence electrons. The molecule has 0 spiro atoms. The van der Waals surface area contributed by atoms with Gasteiger partial charge in [0.05, 0.1) is 5.00 Å². The summed E-state index contributed by atoms with van der Waals surface area (Å²) < 4.78 is 0. The van der Waals surface area contributed by atoms with E-state index in [2.05, 4.69) is 9.97 Å². The number of thiazole rings is 1. The fourth-order valence-corrected chi connectivity index (χ4v) is 4.15. The van der Waals surface area contributed by atoms with Crippen LogP contribution in [-0.4, -0.2) is 46.3 Å². The van der Waals surface area contributed by atoms with Crippen LogP contribution in [0.15, 0.2) is 35.8 Å². The molecule has 2 amide bonds. The summed E-state index contributed by atoms with van der Waals surface area (Å²) in [6.45, 7) is 1.10. The number of piperazine rings is 1. The standard InChI is InChI=1S/C15H12N4O2S2/c20-11-9-18(6-7-19(11)12-4-2-8-22-12)15(21)14-17-10-3-1-5-16-13(10)23-14/h1-5,8H,6-7,9H2. The molecule has 1 aliphatic rings. The molecule has 3 aromatic heterocycles. The highest BCUT2D eigenvalue weighted by atomic mass is 32.1. The second-order valence-electron chi connectivity index (χ2n) is 5.07. The van der Waals surface area contributed by atoms with Crippen LogP contribution in [0.3, 0.4) is 0 Å². The molecule has 0 N–H and O–H groups in total. The van der Waals surface area contributed by atoms with Gasteiger partial charge in [0, 0.05) is 19.3 Å². The number of aromatic nitrogens is 2. The van der Waals surface area contributed by atoms with E-state index in [1.165, 1.54) is 22.7 Å². The Morgan fingerprint density at radius 2 is 2.13 bits per heavy atom. The van der Waals surface area contributed by atoms with E-state index < -0.39 is 0 Å². The van der Waals surface area contributed by atoms with Gasteiger partial charge in [0.1, 0.15) is 16.9 Å². The van der Waals surface area contributed by atoms with Gasteiger partial charge in [-0.25, -0.2) is 9.97 Å². The molecule has 1 fully saturated rings. The third kappa shape index (κ3) is 2.60. The maximum atomic E-state index is 12.6. The molecule has 0 aromatic carbocycles. The molecule has 0 atom stereocenters. The third-order valence-electron chi connectivity index (χ3n) is 3.63. The zero-order chi connectivity index (χ0) is 15.8. The molecule has 4 rings (SSSR count). The Labute approximate surface area is 140 Å². The van der Waals surface area contributed by atoms with Crippen molar-refractivity contribution in [3.05, 3.63) is 40.8 Å². The predicted octanol–water partition coefficient (Wildman–Crippen LogP) is 2.24. The van der Waals surface area contributed by atoms with Gasteiger partial charge in [-0.2, -0.15) is 0 Å². The van der Waals surface area contributed by atoms with Crippen LogP contribution in [0.25, 0.3) is 10.3 Å². The first kappa shape index (κ1) is 14.3. The summed E-state index contributed by atoms with van der Waals surface area (Å²) in [6, 6.07) is 7.45. The summed E-state index contributed by atoms with van der Waals surface area (Å²) in [4.78, 5) is 37.5. The molecule has 0 saturated carbocycles. The van der Waals surface area contributed by atoms with Crippen molar-refractivity contribution < 1.29 is 9.59 Å². The molecule has 8 heteroatoms. The van der Waals surface area contributed by atoms with Gasteiger partial charge >= 0.3 is 0 Å². The lowest BCUT2D eigenvalue weighted by Gasteiger charge is -2.33. The first-order valence-electron chi connectivity index (χ1n) is 7.07. The van der Waals surface area contributed by atoms with E-state index in [4.69, 9.17) is 0 Å². The summed E-state index contributed by atoms with van der Waals surface area (Å²) >= 11 is 2.79. The van der Waals surface area contributed by atoms with Crippen molar-refractivity contribution in [1.82, 2.24) is 14.9 Å². The lowest BCUT2D eigenvalue weighted by Crippen LogP contribution is -2.52. The van der Waals surface area contributed by atoms with Crippen molar-refractivity contribution in [3.8, 4) is 0 Å². The second kappa shape index (κ2) is 5.71. The molecule has 1 aliphatic heterocycles. The van der Waals surface area contributed by atoms with Crippen molar-refractivity contribution >= 4 is 49.8 Å². The van der Waals surface area contributed by atoms with Crippen LogP contribution in [0.1, 0.15) is 9.80 Å². The zero-order valence-electron chi connectivity index (χ0n) is 12.0. The van der Waals surface area contributed by atoms with Crippen LogP contribution in [0, 0.1) is 0 Å². The van der Waals surface area contributed by atoms with Crippen molar-refractivity contribution in [2.45, 2.75) is 0 Å². The highest BCUT2D eigenvalue weighted by Crippen LogP contribution is 2.25. The topological polar surface area (TPSA) is 66.4 Å². The lowest BCUT2D eigenvalue weighted by atomic mass is 10.3. The summed E-state index contributed by atoms with van der Waals surface area (Å²) in [5, 5.41) is 3.25. The SMILES string of the molecule is O=C(c1nc2cccnc2s1)N1CCN(c2cccs2)C(=O)C1. The van der Waals surface area contributed by atoms with Gasteiger partial charge in [0.2, 0.25) is 5.91 Å². The van der Waals surface area contributed by atoms with E-state index in [0.29, 0.717) is 23.6 Å². The average molecular weight is 344 g/mol. The Balaban J connectivity index is 1.53. The number of anilines is 1. The van der Waals surface area contributed by atoms with E-state index in [9.17, 15) is 9.59 Å². The second-order valence-corrected chi connectivity index (χ2v) is 6.97. The predicted molar refractivity (Wildman–Crippen MR) is 90.0 cm³/mol. The number of thiophene rings is 1. The van der Waals surface area contributed by atoms with E-state index in [1.54, 1.807) is 22.1 Å². The Morgan fingerprint density at radius 3 is 2.87 bits per heavy atom. The number of pyridine rings is 1. The Bertz CT molecular complexity index is 842. The molecule has 0 bridgehead atoms. The van der Waals surface area contributed by atoms with Crippen molar-refractivity contribution in [1.29, 1.82) is 0 Å². The molecule has 0 radical (unpaired) electrons. The summed E-state index contributed by atoms with van der Waals surface area (Å²) in [7, 11) is 0. The van der Waals surface area contributed by atoms with Gasteiger partial charge in [0.15, 0.2) is 5.01 Å². The van der Waals surface area contributed by atoms with Crippen molar-refractivity contribution in [2.75, 3.05) is 24.5 Å². The van der Waals surface area contributed by atoms with E-state index in [0.717, 1.165) is 9.83 Å². The highest BCUT2D eigenvalue weighted by molar-refractivity contribution is 7.19. The van der Waals surface area contributed by atoms with Gasteiger partial charge in [0.25, 0.3) is 5.91 Å². The first-order chi connectivity index (χ1) is 11.2. The number of hydrogen-bond donors (Lipinski definition) is 0. The summed E-state index contributed by atoms with van der Waals surface area (Å²) in [5.74, 6) is -0.265. The van der Waals surface area contributed by atoms with Crippen LogP contribution in [0.4, 0.5) is 5.00 Å². The van der Waals surface area contributed by atoms with Gasteiger partial charge in [-0.3, -0.25) is 9.59 Å². The minimum absolute atomic E-state index is 0.0636. The quantitative estimate of drug-likeness (QED) is 0.715. The van der Waals surface area contributed by atoms with Gasteiger partial charge in [-0.15, -0.1) is 11.3 Å². The molecular formula is C15H12N4O2S2. The average Bonchev–Trinajstić information content (AvgIpc) is 3.23. The van der Waals surface area contributed by atoms with E-state index in [-0.39, 0.29) is 18.4 Å². The molecule has 0 unspecified atom stereocenters. The van der Waals surface area contributed by atoms with Gasteiger partial charge in [-0.1, -0.05) is 11.3 Å². The Hall–Kier alpha value is -2.32. The van der Waals surface area contributed by atoms with E-state index >= 15 is 0 Å². The maximum Gasteiger partial charge on any atom is 0.283 e. The molecular weight excluding hydrogens is 332 g/mol. The fourth-order valence-electron chi connectivity index (χ4n) is 2.50. The van der Waals surface area contributed by atoms with Crippen LogP contribution >= 0.6 is 22.7 Å². The van der Waals surface area contributed by atoms with Crippen LogP contribution < -0.4 is 4.90 Å². The highest BCUT2D eigenvalue weighted by Gasteiger charge is 2.30. The number of nitrogens with zero attached hydrogens (tertiary/aromatic N) is 4. The van der Waals surface area contributed by atoms with Crippen molar-refractivity contribution in [2.24, 2.45) is 0 Å². The molecule has 6 nitrogen and oxygen atoms in total. The number of amides is 2. The van der Waals surface area contributed by atoms with Crippen LogP contribution in [0.2, 0.25) is 0 Å². The number of carbonyl (C=O) groups excluding carboxylic acids is 2. The largest absolute Gasteiger partial charge is 0.325 e. The van der Waals surface area contributed by atoms with Gasteiger partial charge in [-0.05, 0) is 29.6 Å². The van der Waals surface area contributed by atoms with Crippen molar-refractivity contribution in [3.63, 3.8) is 0 Å². The van der Waals surface area contributed by atoms with Gasteiger partial charge < -0.3 is 9.80 Å². The Morgan fingerprint density at radius 1 is 1.22 bits per heavy atom. The number of hydrogen-bond acceptors (Lipinski definition) is 6. The number of carbonyl (C=O) groups is 2. The molecule has 0 aliphatic carbocycles. The third-order valence-corrected chi connectivity index (χ3v) is 5.49. The summed E-state index contributed by atoms with van der Waals surface area (Å²) in [6.07, 6.45) is 1.68. The summed E-state index contributed by atoms with van der Waals surface area (Å²) in [5.41, 5.74) is 0.712. The molecule has 3 aromatic rings. The smallest absolute Gasteiger partial charge is 0.283 e. The minimum atomic E-state index is -0.202. The molecule has 4 heterocycles. The van der Waals surface area contributed by atoms with Crippen LogP contribution in [-0.2, 0) is 4.79 Å². The lowest BCUT2D eigenvalue weighted by molar-refractivity contribution is -0.120. The monoisotopic (exact) mass is 344 g/mol. The minimum Gasteiger partial charge on any atom is -0.325 e. The zero-order valence-corrected chi connectivity index (χ0v) is 13.6. The number of fused-ring (bicyclic) bond motifs is 1. The molecule has 1 saturated heterocycles. The van der Waals surface area contributed by atoms with Crippen LogP contribution in [0.5, 0.6) is 0 Å². The first-order valence-corrected chi connectivity index (χ1v) is 8.77. The van der Waals surface area contributed by atoms with E-state index in [1.807, 2.05) is 23.6 Å². The molecule has 23 heavy (non-hydrogen) atoms. The fraction of sp³-hybridized carbons (Fsp3) is 0.200. The maximum absolute atomic E-state index is 12.6. The Kier molecular flexibility index (Phi) is 3.55. The normalized spacial score (nSPS) is 15.4. The number of rotatable bonds is 2.